The number of tetrazole rings is 1. The van der Waals surface area contributed by atoms with Crippen LogP contribution >= 0.6 is 11.6 Å². The minimum absolute atomic E-state index is 0.154. The zero-order valence-corrected chi connectivity index (χ0v) is 20.8. The van der Waals surface area contributed by atoms with Crippen LogP contribution < -0.4 is 10.5 Å². The van der Waals surface area contributed by atoms with Crippen LogP contribution in [-0.2, 0) is 6.42 Å². The van der Waals surface area contributed by atoms with Crippen molar-refractivity contribution in [1.29, 1.82) is 0 Å². The summed E-state index contributed by atoms with van der Waals surface area (Å²) in [5.74, 6) is 0. The maximum absolute atomic E-state index is 13.4. The fourth-order valence-electron chi connectivity index (χ4n) is 4.74. The molecule has 0 saturated heterocycles. The molecule has 3 aromatic heterocycles. The molecule has 1 amide bonds. The zero-order valence-electron chi connectivity index (χ0n) is 20.0. The summed E-state index contributed by atoms with van der Waals surface area (Å²) < 4.78 is 4.90. The minimum atomic E-state index is -1.05. The molecule has 0 bridgehead atoms. The van der Waals surface area contributed by atoms with Gasteiger partial charge in [0.1, 0.15) is 12.0 Å². The van der Waals surface area contributed by atoms with Crippen molar-refractivity contribution in [3.8, 4) is 22.5 Å². The highest BCUT2D eigenvalue weighted by atomic mass is 35.5. The fraction of sp³-hybridized carbons (Fsp3) is 0.160. The van der Waals surface area contributed by atoms with E-state index in [1.807, 2.05) is 12.1 Å². The molecular weight excluding hydrogens is 510 g/mol. The van der Waals surface area contributed by atoms with Gasteiger partial charge in [0, 0.05) is 35.1 Å². The van der Waals surface area contributed by atoms with E-state index < -0.39 is 6.09 Å². The van der Waals surface area contributed by atoms with Crippen molar-refractivity contribution in [1.82, 2.24) is 39.8 Å². The van der Waals surface area contributed by atoms with Gasteiger partial charge in [-0.2, -0.15) is 4.68 Å². The number of anilines is 1. The number of aromatic nitrogens is 8. The van der Waals surface area contributed by atoms with Crippen molar-refractivity contribution in [3.63, 3.8) is 0 Å². The number of benzene rings is 2. The average molecular weight is 530 g/mol. The maximum Gasteiger partial charge on any atom is 0.411 e. The first kappa shape index (κ1) is 23.6. The van der Waals surface area contributed by atoms with E-state index >= 15 is 0 Å². The third-order valence-electron chi connectivity index (χ3n) is 6.64. The maximum atomic E-state index is 13.4. The largest absolute Gasteiger partial charge is 0.465 e. The molecule has 1 atom stereocenters. The Balaban J connectivity index is 1.32. The van der Waals surface area contributed by atoms with Gasteiger partial charge >= 0.3 is 6.09 Å². The van der Waals surface area contributed by atoms with E-state index in [-0.39, 0.29) is 11.6 Å². The van der Waals surface area contributed by atoms with Crippen molar-refractivity contribution in [2.24, 2.45) is 0 Å². The molecule has 0 fully saturated rings. The second-order valence-corrected chi connectivity index (χ2v) is 9.30. The topological polar surface area (TPSA) is 137 Å². The molecule has 12 nitrogen and oxygen atoms in total. The van der Waals surface area contributed by atoms with Crippen molar-refractivity contribution in [2.45, 2.75) is 18.9 Å². The number of nitrogens with zero attached hydrogens (tertiary/aromatic N) is 9. The van der Waals surface area contributed by atoms with Crippen molar-refractivity contribution in [3.05, 3.63) is 93.9 Å². The van der Waals surface area contributed by atoms with Gasteiger partial charge in [0.2, 0.25) is 0 Å². The Bertz CT molecular complexity index is 1710. The fourth-order valence-corrected chi connectivity index (χ4v) is 4.91. The van der Waals surface area contributed by atoms with Crippen molar-refractivity contribution < 1.29 is 9.90 Å². The summed E-state index contributed by atoms with van der Waals surface area (Å²) in [5, 5.41) is 29.7. The lowest BCUT2D eigenvalue weighted by molar-refractivity contribution is 0.203. The van der Waals surface area contributed by atoms with Crippen LogP contribution in [0.3, 0.4) is 0 Å². The molecule has 0 radical (unpaired) electrons. The molecule has 1 aliphatic heterocycles. The Labute approximate surface area is 220 Å². The summed E-state index contributed by atoms with van der Waals surface area (Å²) in [4.78, 5) is 25.7. The van der Waals surface area contributed by atoms with E-state index in [2.05, 4.69) is 25.8 Å². The van der Waals surface area contributed by atoms with Crippen molar-refractivity contribution in [2.75, 3.05) is 11.9 Å². The normalized spacial score (nSPS) is 14.4. The molecule has 0 saturated carbocycles. The number of carbonyl (C=O) groups is 1. The third-order valence-corrected chi connectivity index (χ3v) is 6.88. The van der Waals surface area contributed by atoms with Crippen LogP contribution in [0.1, 0.15) is 23.9 Å². The summed E-state index contributed by atoms with van der Waals surface area (Å²) >= 11 is 6.29. The Morgan fingerprint density at radius 3 is 2.63 bits per heavy atom. The van der Waals surface area contributed by atoms with Gasteiger partial charge in [-0.25, -0.2) is 9.48 Å². The van der Waals surface area contributed by atoms with E-state index in [0.29, 0.717) is 34.9 Å². The molecular formula is C25H20ClN9O3. The highest BCUT2D eigenvalue weighted by Gasteiger charge is 2.28. The molecule has 1 N–H and O–H groups in total. The van der Waals surface area contributed by atoms with Gasteiger partial charge in [0.05, 0.1) is 23.6 Å². The van der Waals surface area contributed by atoms with Crippen LogP contribution in [0.15, 0.2) is 71.9 Å². The smallest absolute Gasteiger partial charge is 0.411 e. The Hall–Kier alpha value is -4.84. The first-order valence-electron chi connectivity index (χ1n) is 11.7. The monoisotopic (exact) mass is 529 g/mol. The number of hydrogen-bond donors (Lipinski definition) is 1. The summed E-state index contributed by atoms with van der Waals surface area (Å²) in [7, 11) is 1.48. The lowest BCUT2D eigenvalue weighted by Gasteiger charge is -2.14. The second kappa shape index (κ2) is 9.23. The Morgan fingerprint density at radius 2 is 1.89 bits per heavy atom. The van der Waals surface area contributed by atoms with E-state index in [4.69, 9.17) is 16.7 Å². The molecule has 2 aromatic carbocycles. The van der Waals surface area contributed by atoms with Gasteiger partial charge in [-0.05, 0) is 77.4 Å². The van der Waals surface area contributed by atoms with E-state index in [1.54, 1.807) is 57.9 Å². The highest BCUT2D eigenvalue weighted by molar-refractivity contribution is 6.31. The zero-order chi connectivity index (χ0) is 26.4. The number of hydrogen-bond acceptors (Lipinski definition) is 7. The number of amides is 1. The third kappa shape index (κ3) is 4.10. The van der Waals surface area contributed by atoms with Crippen LogP contribution in [-0.4, -0.2) is 58.0 Å². The lowest BCUT2D eigenvalue weighted by atomic mass is 10.0. The van der Waals surface area contributed by atoms with E-state index in [9.17, 15) is 9.59 Å². The van der Waals surface area contributed by atoms with Gasteiger partial charge in [0.15, 0.2) is 0 Å². The summed E-state index contributed by atoms with van der Waals surface area (Å²) in [6.45, 7) is 0. The van der Waals surface area contributed by atoms with E-state index in [1.165, 1.54) is 18.1 Å². The molecule has 6 rings (SSSR count). The predicted molar refractivity (Wildman–Crippen MR) is 138 cm³/mol. The minimum Gasteiger partial charge on any atom is -0.465 e. The van der Waals surface area contributed by atoms with Gasteiger partial charge in [0.25, 0.3) is 5.56 Å². The second-order valence-electron chi connectivity index (χ2n) is 8.86. The standard InChI is InChI=1S/C25H20ClN9O3/c1-32(25(37)38)17-3-5-18(6-4-17)33-13-21(28-30-33)23-9-7-19-10-15(11-24(36)35(19)23)20-12-16(26)2-8-22(20)34-14-27-29-31-34/h2-6,8,10-14,23H,7,9H2,1H3,(H,37,38). The molecule has 4 heterocycles. The molecule has 1 unspecified atom stereocenters. The highest BCUT2D eigenvalue weighted by Crippen LogP contribution is 2.34. The Morgan fingerprint density at radius 1 is 1.08 bits per heavy atom. The number of rotatable bonds is 5. The summed E-state index contributed by atoms with van der Waals surface area (Å²) in [6, 6.07) is 15.6. The van der Waals surface area contributed by atoms with Gasteiger partial charge in [-0.1, -0.05) is 16.8 Å². The quantitative estimate of drug-likeness (QED) is 0.366. The molecule has 38 heavy (non-hydrogen) atoms. The lowest BCUT2D eigenvalue weighted by Crippen LogP contribution is -2.23. The van der Waals surface area contributed by atoms with E-state index in [0.717, 1.165) is 27.4 Å². The number of pyridine rings is 1. The van der Waals surface area contributed by atoms with Crippen LogP contribution in [0.5, 0.6) is 0 Å². The van der Waals surface area contributed by atoms with Crippen LogP contribution in [0.2, 0.25) is 5.02 Å². The SMILES string of the molecule is CN(C(=O)O)c1ccc(-n2cc(C3CCc4cc(-c5cc(Cl)ccc5-n5cnnn5)cc(=O)n43)nn2)cc1. The van der Waals surface area contributed by atoms with Crippen LogP contribution in [0.4, 0.5) is 10.5 Å². The summed E-state index contributed by atoms with van der Waals surface area (Å²) in [5.41, 5.74) is 4.85. The van der Waals surface area contributed by atoms with Crippen molar-refractivity contribution >= 4 is 23.4 Å². The average Bonchev–Trinajstić information content (AvgIpc) is 3.69. The molecule has 1 aliphatic rings. The van der Waals surface area contributed by atoms with Gasteiger partial charge < -0.3 is 9.67 Å². The number of fused-ring (bicyclic) bond motifs is 1. The number of carboxylic acid groups (broad SMARTS) is 1. The molecule has 0 spiro atoms. The number of halogens is 1. The van der Waals surface area contributed by atoms with Crippen LogP contribution in [0.25, 0.3) is 22.5 Å². The van der Waals surface area contributed by atoms with Gasteiger partial charge in [-0.15, -0.1) is 10.2 Å². The summed E-state index contributed by atoms with van der Waals surface area (Å²) in [6.07, 6.45) is 3.64. The van der Waals surface area contributed by atoms with Crippen LogP contribution in [0, 0.1) is 0 Å². The first-order valence-corrected chi connectivity index (χ1v) is 12.0. The molecule has 5 aromatic rings. The Kier molecular flexibility index (Phi) is 5.72. The number of aryl methyl sites for hydroxylation is 1. The predicted octanol–water partition coefficient (Wildman–Crippen LogP) is 3.37. The van der Waals surface area contributed by atoms with Gasteiger partial charge in [-0.3, -0.25) is 9.69 Å². The molecule has 0 aliphatic carbocycles. The molecule has 190 valence electrons. The molecule has 13 heteroatoms. The first-order chi connectivity index (χ1) is 18.4.